The van der Waals surface area contributed by atoms with Gasteiger partial charge in [-0.3, -0.25) is 0 Å². The van der Waals surface area contributed by atoms with E-state index in [0.29, 0.717) is 5.82 Å². The molecule has 0 amide bonds. The van der Waals surface area contributed by atoms with Crippen molar-refractivity contribution in [3.8, 4) is 11.4 Å². The number of rotatable bonds is 1. The highest BCUT2D eigenvalue weighted by molar-refractivity contribution is 6.17. The molecule has 0 radical (unpaired) electrons. The Kier molecular flexibility index (Phi) is 2.79. The van der Waals surface area contributed by atoms with Crippen molar-refractivity contribution in [2.75, 3.05) is 0 Å². The van der Waals surface area contributed by atoms with Gasteiger partial charge in [0.15, 0.2) is 5.82 Å². The molecule has 3 heteroatoms. The van der Waals surface area contributed by atoms with Crippen LogP contribution in [-0.2, 0) is 0 Å². The normalized spacial score (nSPS) is 11.3. The molecule has 0 fully saturated rings. The minimum Gasteiger partial charge on any atom is -0.225 e. The molecule has 112 valence electrons. The zero-order valence-electron chi connectivity index (χ0n) is 12.8. The van der Waals surface area contributed by atoms with Gasteiger partial charge in [0, 0.05) is 5.56 Å². The van der Waals surface area contributed by atoms with Crippen LogP contribution in [0.15, 0.2) is 79.4 Å². The van der Waals surface area contributed by atoms with Crippen LogP contribution in [0.4, 0.5) is 0 Å². The van der Waals surface area contributed by atoms with Gasteiger partial charge < -0.3 is 0 Å². The lowest BCUT2D eigenvalue weighted by Gasteiger charge is -2.08. The summed E-state index contributed by atoms with van der Waals surface area (Å²) in [4.78, 5) is 12.4. The van der Waals surface area contributed by atoms with E-state index < -0.39 is 0 Å². The van der Waals surface area contributed by atoms with E-state index in [0.717, 1.165) is 5.56 Å². The number of hydrogen-bond acceptors (Lipinski definition) is 3. The van der Waals surface area contributed by atoms with E-state index in [9.17, 15) is 0 Å². The van der Waals surface area contributed by atoms with Crippen molar-refractivity contribution >= 4 is 32.3 Å². The highest BCUT2D eigenvalue weighted by atomic mass is 15.0. The van der Waals surface area contributed by atoms with Crippen molar-refractivity contribution in [1.82, 2.24) is 15.0 Å². The molecular weight excluding hydrogens is 294 g/mol. The molecule has 4 aromatic carbocycles. The molecule has 0 aliphatic rings. The van der Waals surface area contributed by atoms with Crippen molar-refractivity contribution in [3.63, 3.8) is 0 Å². The molecule has 0 spiro atoms. The molecular formula is C21H13N3. The standard InChI is InChI=1S/C21H13N3/c1-2-4-17-14(3-1)5-9-20-18-8-7-16(21-23-12-22-13-24-21)11-15(18)6-10-19(17)20/h1-13H. The first-order chi connectivity index (χ1) is 11.9. The summed E-state index contributed by atoms with van der Waals surface area (Å²) in [7, 11) is 0. The molecule has 0 atom stereocenters. The second-order valence-electron chi connectivity index (χ2n) is 5.85. The van der Waals surface area contributed by atoms with Crippen molar-refractivity contribution in [2.24, 2.45) is 0 Å². The van der Waals surface area contributed by atoms with Gasteiger partial charge in [0.2, 0.25) is 0 Å². The quantitative estimate of drug-likeness (QED) is 0.409. The Labute approximate surface area is 138 Å². The van der Waals surface area contributed by atoms with Gasteiger partial charge in [0.1, 0.15) is 12.7 Å². The Morgan fingerprint density at radius 1 is 0.542 bits per heavy atom. The van der Waals surface area contributed by atoms with Crippen LogP contribution in [0.2, 0.25) is 0 Å². The highest BCUT2D eigenvalue weighted by Gasteiger charge is 2.07. The van der Waals surface area contributed by atoms with Crippen LogP contribution >= 0.6 is 0 Å². The van der Waals surface area contributed by atoms with E-state index in [1.807, 2.05) is 0 Å². The Hall–Kier alpha value is -3.33. The number of benzene rings is 4. The maximum atomic E-state index is 4.24. The molecule has 3 nitrogen and oxygen atoms in total. The summed E-state index contributed by atoms with van der Waals surface area (Å²) in [5, 5.41) is 7.55. The first-order valence-electron chi connectivity index (χ1n) is 7.87. The van der Waals surface area contributed by atoms with Crippen LogP contribution in [-0.4, -0.2) is 15.0 Å². The van der Waals surface area contributed by atoms with Crippen LogP contribution in [0.1, 0.15) is 0 Å². The van der Waals surface area contributed by atoms with E-state index in [1.54, 1.807) is 0 Å². The molecule has 5 aromatic rings. The maximum absolute atomic E-state index is 4.24. The molecule has 0 unspecified atom stereocenters. The predicted octanol–water partition coefficient (Wildman–Crippen LogP) is 5.00. The van der Waals surface area contributed by atoms with E-state index in [4.69, 9.17) is 0 Å². The second kappa shape index (κ2) is 5.10. The van der Waals surface area contributed by atoms with Crippen molar-refractivity contribution in [1.29, 1.82) is 0 Å². The Morgan fingerprint density at radius 2 is 1.21 bits per heavy atom. The average molecular weight is 307 g/mol. The summed E-state index contributed by atoms with van der Waals surface area (Å²) < 4.78 is 0. The first-order valence-corrected chi connectivity index (χ1v) is 7.87. The van der Waals surface area contributed by atoms with Gasteiger partial charge in [0.25, 0.3) is 0 Å². The third-order valence-corrected chi connectivity index (χ3v) is 4.49. The zero-order chi connectivity index (χ0) is 15.9. The molecule has 0 N–H and O–H groups in total. The fourth-order valence-electron chi connectivity index (χ4n) is 3.36. The summed E-state index contributed by atoms with van der Waals surface area (Å²) in [5.41, 5.74) is 1.00. The fourth-order valence-corrected chi connectivity index (χ4v) is 3.36. The van der Waals surface area contributed by atoms with E-state index >= 15 is 0 Å². The van der Waals surface area contributed by atoms with Gasteiger partial charge in [-0.1, -0.05) is 60.7 Å². The lowest BCUT2D eigenvalue weighted by Crippen LogP contribution is -1.89. The lowest BCUT2D eigenvalue weighted by atomic mass is 9.96. The number of nitrogens with zero attached hydrogens (tertiary/aromatic N) is 3. The molecule has 1 aromatic heterocycles. The van der Waals surface area contributed by atoms with E-state index in [1.165, 1.54) is 45.0 Å². The van der Waals surface area contributed by atoms with Gasteiger partial charge >= 0.3 is 0 Å². The maximum Gasteiger partial charge on any atom is 0.162 e. The molecule has 24 heavy (non-hydrogen) atoms. The van der Waals surface area contributed by atoms with Gasteiger partial charge in [-0.15, -0.1) is 0 Å². The van der Waals surface area contributed by atoms with E-state index in [-0.39, 0.29) is 0 Å². The molecule has 1 heterocycles. The van der Waals surface area contributed by atoms with Crippen LogP contribution in [0.25, 0.3) is 43.7 Å². The zero-order valence-corrected chi connectivity index (χ0v) is 12.8. The van der Waals surface area contributed by atoms with Crippen LogP contribution in [0.3, 0.4) is 0 Å². The van der Waals surface area contributed by atoms with Crippen LogP contribution < -0.4 is 0 Å². The highest BCUT2D eigenvalue weighted by Crippen LogP contribution is 2.32. The second-order valence-corrected chi connectivity index (χ2v) is 5.85. The Bertz CT molecular complexity index is 1200. The monoisotopic (exact) mass is 307 g/mol. The Morgan fingerprint density at radius 3 is 2.04 bits per heavy atom. The first kappa shape index (κ1) is 13.1. The summed E-state index contributed by atoms with van der Waals surface area (Å²) >= 11 is 0. The molecule has 0 saturated heterocycles. The minimum atomic E-state index is 0.700. The average Bonchev–Trinajstić information content (AvgIpc) is 2.67. The molecule has 0 bridgehead atoms. The minimum absolute atomic E-state index is 0.700. The number of hydrogen-bond donors (Lipinski definition) is 0. The fraction of sp³-hybridized carbons (Fsp3) is 0. The van der Waals surface area contributed by atoms with Gasteiger partial charge in [-0.25, -0.2) is 15.0 Å². The van der Waals surface area contributed by atoms with Crippen LogP contribution in [0.5, 0.6) is 0 Å². The summed E-state index contributed by atoms with van der Waals surface area (Å²) in [5.74, 6) is 0.700. The smallest absolute Gasteiger partial charge is 0.162 e. The van der Waals surface area contributed by atoms with Crippen LogP contribution in [0, 0.1) is 0 Å². The third-order valence-electron chi connectivity index (χ3n) is 4.49. The van der Waals surface area contributed by atoms with E-state index in [2.05, 4.69) is 81.7 Å². The third kappa shape index (κ3) is 1.95. The SMILES string of the molecule is c1ccc2c(c1)ccc1c3ccc(-c4ncncn4)cc3ccc21. The summed E-state index contributed by atoms with van der Waals surface area (Å²) in [6, 6.07) is 23.7. The largest absolute Gasteiger partial charge is 0.225 e. The summed E-state index contributed by atoms with van der Waals surface area (Å²) in [6.07, 6.45) is 3.05. The number of aromatic nitrogens is 3. The predicted molar refractivity (Wildman–Crippen MR) is 97.8 cm³/mol. The van der Waals surface area contributed by atoms with Crippen molar-refractivity contribution < 1.29 is 0 Å². The van der Waals surface area contributed by atoms with Crippen molar-refractivity contribution in [2.45, 2.75) is 0 Å². The molecule has 5 rings (SSSR count). The van der Waals surface area contributed by atoms with Gasteiger partial charge in [-0.05, 0) is 38.4 Å². The molecule has 0 saturated carbocycles. The van der Waals surface area contributed by atoms with Gasteiger partial charge in [-0.2, -0.15) is 0 Å². The molecule has 0 aliphatic heterocycles. The Balaban J connectivity index is 1.81. The topological polar surface area (TPSA) is 38.7 Å². The summed E-state index contributed by atoms with van der Waals surface area (Å²) in [6.45, 7) is 0. The molecule has 0 aliphatic carbocycles. The van der Waals surface area contributed by atoms with Gasteiger partial charge in [0.05, 0.1) is 0 Å². The lowest BCUT2D eigenvalue weighted by molar-refractivity contribution is 1.06. The number of fused-ring (bicyclic) bond motifs is 5. The van der Waals surface area contributed by atoms with Crippen molar-refractivity contribution in [3.05, 3.63) is 79.4 Å².